The Hall–Kier alpha value is -0.820. The van der Waals surface area contributed by atoms with Crippen LogP contribution < -0.4 is 0 Å². The molecule has 0 bridgehead atoms. The van der Waals surface area contributed by atoms with Crippen molar-refractivity contribution in [3.8, 4) is 11.3 Å². The summed E-state index contributed by atoms with van der Waals surface area (Å²) in [6.07, 6.45) is -4.33. The van der Waals surface area contributed by atoms with Gasteiger partial charge in [0.05, 0.1) is 10.9 Å². The van der Waals surface area contributed by atoms with Gasteiger partial charge in [-0.05, 0) is 28.1 Å². The Bertz CT molecular complexity index is 548. The largest absolute Gasteiger partial charge is 0.432 e. The van der Waals surface area contributed by atoms with E-state index in [9.17, 15) is 13.2 Å². The molecule has 0 aliphatic heterocycles. The van der Waals surface area contributed by atoms with E-state index in [1.807, 2.05) is 0 Å². The van der Waals surface area contributed by atoms with Crippen LogP contribution in [0.4, 0.5) is 13.2 Å². The first-order valence-electron chi connectivity index (χ1n) is 4.80. The van der Waals surface area contributed by atoms with Gasteiger partial charge in [0.2, 0.25) is 5.89 Å². The van der Waals surface area contributed by atoms with E-state index in [0.717, 1.165) is 12.1 Å². The number of oxazole rings is 1. The van der Waals surface area contributed by atoms with Crippen LogP contribution in [0.5, 0.6) is 0 Å². The normalized spacial score (nSPS) is 11.8. The molecule has 96 valence electrons. The maximum absolute atomic E-state index is 12.4. The van der Waals surface area contributed by atoms with Crippen LogP contribution in [0.25, 0.3) is 11.3 Å². The van der Waals surface area contributed by atoms with Gasteiger partial charge in [-0.3, -0.25) is 0 Å². The van der Waals surface area contributed by atoms with Crippen LogP contribution in [0.1, 0.15) is 11.5 Å². The van der Waals surface area contributed by atoms with E-state index >= 15 is 0 Å². The number of rotatable bonds is 2. The first kappa shape index (κ1) is 13.6. The van der Waals surface area contributed by atoms with Crippen LogP contribution in [0, 0.1) is 0 Å². The van der Waals surface area contributed by atoms with Crippen LogP contribution in [0.3, 0.4) is 0 Å². The van der Waals surface area contributed by atoms with E-state index in [0.29, 0.717) is 27.1 Å². The highest BCUT2D eigenvalue weighted by Crippen LogP contribution is 2.33. The molecule has 0 aliphatic carbocycles. The zero-order valence-electron chi connectivity index (χ0n) is 8.76. The molecule has 0 unspecified atom stereocenters. The molecule has 0 atom stereocenters. The predicted molar refractivity (Wildman–Crippen MR) is 67.3 cm³/mol. The number of hydrogen-bond acceptors (Lipinski definition) is 2. The average molecular weight is 385 g/mol. The Kier molecular flexibility index (Phi) is 3.82. The minimum atomic E-state index is -4.33. The third kappa shape index (κ3) is 2.77. The van der Waals surface area contributed by atoms with Gasteiger partial charge in [0, 0.05) is 5.56 Å². The molecule has 2 aromatic rings. The van der Waals surface area contributed by atoms with E-state index in [4.69, 9.17) is 4.42 Å². The summed E-state index contributed by atoms with van der Waals surface area (Å²) in [5.41, 5.74) is 0.357. The molecule has 0 saturated heterocycles. The average Bonchev–Trinajstić information content (AvgIpc) is 2.70. The molecule has 2 nitrogen and oxygen atoms in total. The van der Waals surface area contributed by atoms with E-state index in [1.54, 1.807) is 0 Å². The second kappa shape index (κ2) is 5.05. The van der Waals surface area contributed by atoms with Crippen molar-refractivity contribution in [3.63, 3.8) is 0 Å². The lowest BCUT2D eigenvalue weighted by molar-refractivity contribution is -0.137. The minimum Gasteiger partial charge on any atom is -0.432 e. The third-order valence-corrected chi connectivity index (χ3v) is 3.25. The molecule has 0 radical (unpaired) electrons. The van der Waals surface area contributed by atoms with Gasteiger partial charge >= 0.3 is 6.18 Å². The molecule has 2 rings (SSSR count). The highest BCUT2D eigenvalue weighted by molar-refractivity contribution is 9.10. The molecule has 0 saturated carbocycles. The molecule has 1 heterocycles. The molecule has 18 heavy (non-hydrogen) atoms. The molecule has 1 aromatic carbocycles. The van der Waals surface area contributed by atoms with Crippen molar-refractivity contribution in [3.05, 3.63) is 40.4 Å². The molecule has 1 aromatic heterocycles. The molecular formula is C11H6Br2F3NO. The molecule has 0 spiro atoms. The SMILES string of the molecule is FC(F)(F)c1ccc(-c2nc(CBr)oc2Br)cc1. The maximum Gasteiger partial charge on any atom is 0.416 e. The fourth-order valence-electron chi connectivity index (χ4n) is 1.40. The van der Waals surface area contributed by atoms with Crippen LogP contribution in [0.2, 0.25) is 0 Å². The van der Waals surface area contributed by atoms with E-state index in [-0.39, 0.29) is 0 Å². The van der Waals surface area contributed by atoms with E-state index in [1.165, 1.54) is 12.1 Å². The highest BCUT2D eigenvalue weighted by atomic mass is 79.9. The Balaban J connectivity index is 2.37. The summed E-state index contributed by atoms with van der Waals surface area (Å²) in [6.45, 7) is 0. The second-order valence-corrected chi connectivity index (χ2v) is 4.72. The predicted octanol–water partition coefficient (Wildman–Crippen LogP) is 5.02. The number of aromatic nitrogens is 1. The molecule has 7 heteroatoms. The molecule has 0 aliphatic rings. The smallest absolute Gasteiger partial charge is 0.416 e. The first-order valence-corrected chi connectivity index (χ1v) is 6.72. The van der Waals surface area contributed by atoms with Crippen molar-refractivity contribution < 1.29 is 17.6 Å². The van der Waals surface area contributed by atoms with Crippen LogP contribution in [0.15, 0.2) is 33.4 Å². The van der Waals surface area contributed by atoms with Crippen molar-refractivity contribution in [2.45, 2.75) is 11.5 Å². The van der Waals surface area contributed by atoms with E-state index < -0.39 is 11.7 Å². The van der Waals surface area contributed by atoms with Crippen molar-refractivity contribution in [1.82, 2.24) is 4.98 Å². The van der Waals surface area contributed by atoms with Crippen LogP contribution in [-0.4, -0.2) is 4.98 Å². The Labute approximate surface area is 117 Å². The zero-order chi connectivity index (χ0) is 13.3. The molecular weight excluding hydrogens is 379 g/mol. The quantitative estimate of drug-likeness (QED) is 0.679. The number of hydrogen-bond donors (Lipinski definition) is 0. The van der Waals surface area contributed by atoms with Gasteiger partial charge in [-0.15, -0.1) is 0 Å². The van der Waals surface area contributed by atoms with Gasteiger partial charge in [0.25, 0.3) is 0 Å². The van der Waals surface area contributed by atoms with Crippen molar-refractivity contribution in [1.29, 1.82) is 0 Å². The van der Waals surface area contributed by atoms with Gasteiger partial charge in [0.1, 0.15) is 5.69 Å². The van der Waals surface area contributed by atoms with Gasteiger partial charge < -0.3 is 4.42 Å². The van der Waals surface area contributed by atoms with Crippen molar-refractivity contribution >= 4 is 31.9 Å². The molecule has 0 fully saturated rings. The lowest BCUT2D eigenvalue weighted by atomic mass is 10.1. The topological polar surface area (TPSA) is 26.0 Å². The number of benzene rings is 1. The summed E-state index contributed by atoms with van der Waals surface area (Å²) in [6, 6.07) is 4.77. The summed E-state index contributed by atoms with van der Waals surface area (Å²) in [5.74, 6) is 0.455. The van der Waals surface area contributed by atoms with Gasteiger partial charge in [0.15, 0.2) is 4.67 Å². The summed E-state index contributed by atoms with van der Waals surface area (Å²) in [7, 11) is 0. The molecule has 0 amide bonds. The van der Waals surface area contributed by atoms with Gasteiger partial charge in [-0.25, -0.2) is 4.98 Å². The summed E-state index contributed by atoms with van der Waals surface area (Å²) in [5, 5.41) is 0.437. The number of halogens is 5. The summed E-state index contributed by atoms with van der Waals surface area (Å²) in [4.78, 5) is 4.15. The van der Waals surface area contributed by atoms with Crippen molar-refractivity contribution in [2.75, 3.05) is 0 Å². The van der Waals surface area contributed by atoms with Crippen LogP contribution >= 0.6 is 31.9 Å². The summed E-state index contributed by atoms with van der Waals surface area (Å²) < 4.78 is 42.9. The number of nitrogens with zero attached hydrogens (tertiary/aromatic N) is 1. The fourth-order valence-corrected chi connectivity index (χ4v) is 2.14. The zero-order valence-corrected chi connectivity index (χ0v) is 11.9. The maximum atomic E-state index is 12.4. The molecule has 0 N–H and O–H groups in total. The number of alkyl halides is 4. The fraction of sp³-hybridized carbons (Fsp3) is 0.182. The highest BCUT2D eigenvalue weighted by Gasteiger charge is 2.30. The second-order valence-electron chi connectivity index (χ2n) is 3.44. The van der Waals surface area contributed by atoms with Crippen LogP contribution in [-0.2, 0) is 11.5 Å². The first-order chi connectivity index (χ1) is 8.41. The third-order valence-electron chi connectivity index (χ3n) is 2.23. The Morgan fingerprint density at radius 3 is 2.22 bits per heavy atom. The van der Waals surface area contributed by atoms with Crippen molar-refractivity contribution in [2.24, 2.45) is 0 Å². The Morgan fingerprint density at radius 2 is 1.78 bits per heavy atom. The summed E-state index contributed by atoms with van der Waals surface area (Å²) >= 11 is 6.37. The lowest BCUT2D eigenvalue weighted by Crippen LogP contribution is -2.04. The van der Waals surface area contributed by atoms with Gasteiger partial charge in [-0.2, -0.15) is 13.2 Å². The lowest BCUT2D eigenvalue weighted by Gasteiger charge is -2.06. The Morgan fingerprint density at radius 1 is 1.17 bits per heavy atom. The monoisotopic (exact) mass is 383 g/mol. The van der Waals surface area contributed by atoms with E-state index in [2.05, 4.69) is 36.8 Å². The standard InChI is InChI=1S/C11H6Br2F3NO/c12-5-8-17-9(10(13)18-8)6-1-3-7(4-2-6)11(14,15)16/h1-4H,5H2. The van der Waals surface area contributed by atoms with Gasteiger partial charge in [-0.1, -0.05) is 28.1 Å². The minimum absolute atomic E-state index is 0.400.